The Morgan fingerprint density at radius 1 is 1.12 bits per heavy atom. The molecule has 1 saturated heterocycles. The van der Waals surface area contributed by atoms with E-state index in [1.807, 2.05) is 36.6 Å². The van der Waals surface area contributed by atoms with Crippen LogP contribution in [0, 0.1) is 10.1 Å². The lowest BCUT2D eigenvalue weighted by molar-refractivity contribution is -0.387. The van der Waals surface area contributed by atoms with Gasteiger partial charge < -0.3 is 9.47 Å². The van der Waals surface area contributed by atoms with Crippen LogP contribution in [0.1, 0.15) is 17.5 Å². The minimum absolute atomic E-state index is 0.146. The fraction of sp³-hybridized carbons (Fsp3) is 0.333. The van der Waals surface area contributed by atoms with Crippen LogP contribution in [0.15, 0.2) is 51.1 Å². The van der Waals surface area contributed by atoms with Crippen LogP contribution in [0.25, 0.3) is 0 Å². The maximum Gasteiger partial charge on any atom is 0.283 e. The quantitative estimate of drug-likeness (QED) is 0.442. The van der Waals surface area contributed by atoms with Crippen LogP contribution in [0.2, 0.25) is 0 Å². The number of nitrogens with zero attached hydrogens (tertiary/aromatic N) is 1. The van der Waals surface area contributed by atoms with E-state index < -0.39 is 5.79 Å². The van der Waals surface area contributed by atoms with Crippen molar-refractivity contribution in [3.05, 3.63) is 57.6 Å². The molecule has 0 amide bonds. The summed E-state index contributed by atoms with van der Waals surface area (Å²) in [4.78, 5) is 14.0. The minimum Gasteiger partial charge on any atom is -0.343 e. The highest BCUT2D eigenvalue weighted by Gasteiger charge is 2.45. The van der Waals surface area contributed by atoms with E-state index in [-0.39, 0.29) is 10.6 Å². The summed E-state index contributed by atoms with van der Waals surface area (Å²) in [5.41, 5.74) is 2.04. The van der Waals surface area contributed by atoms with Crippen molar-refractivity contribution < 1.29 is 14.4 Å². The first-order chi connectivity index (χ1) is 12.1. The van der Waals surface area contributed by atoms with Crippen LogP contribution in [0.5, 0.6) is 0 Å². The maximum absolute atomic E-state index is 11.6. The van der Waals surface area contributed by atoms with Crippen LogP contribution < -0.4 is 0 Å². The van der Waals surface area contributed by atoms with Crippen LogP contribution in [0.4, 0.5) is 5.69 Å². The molecule has 0 aromatic heterocycles. The summed E-state index contributed by atoms with van der Waals surface area (Å²) < 4.78 is 11.7. The number of nitro groups is 1. The molecule has 0 unspecified atom stereocenters. The Labute approximate surface area is 154 Å². The second-order valence-corrected chi connectivity index (χ2v) is 7.96. The minimum atomic E-state index is -0.706. The highest BCUT2D eigenvalue weighted by Crippen LogP contribution is 2.48. The average Bonchev–Trinajstić information content (AvgIpc) is 3.23. The molecule has 1 aliphatic heterocycles. The van der Waals surface area contributed by atoms with Crippen LogP contribution in [-0.2, 0) is 21.7 Å². The molecule has 0 saturated carbocycles. The van der Waals surface area contributed by atoms with E-state index in [9.17, 15) is 10.1 Å². The molecule has 0 radical (unpaired) electrons. The van der Waals surface area contributed by atoms with Crippen molar-refractivity contribution in [1.82, 2.24) is 0 Å². The Kier molecular flexibility index (Phi) is 4.49. The summed E-state index contributed by atoms with van der Waals surface area (Å²) in [7, 11) is 0. The topological polar surface area (TPSA) is 61.6 Å². The van der Waals surface area contributed by atoms with Gasteiger partial charge in [0.1, 0.15) is 0 Å². The zero-order valence-electron chi connectivity index (χ0n) is 13.7. The predicted octanol–water partition coefficient (Wildman–Crippen LogP) is 4.61. The Morgan fingerprint density at radius 2 is 1.80 bits per heavy atom. The molecule has 2 aromatic rings. The molecule has 2 aliphatic rings. The van der Waals surface area contributed by atoms with Gasteiger partial charge in [0.15, 0.2) is 5.79 Å². The first-order valence-electron chi connectivity index (χ1n) is 8.03. The third kappa shape index (κ3) is 3.06. The van der Waals surface area contributed by atoms with Crippen LogP contribution in [-0.4, -0.2) is 24.4 Å². The summed E-state index contributed by atoms with van der Waals surface area (Å²) in [5.74, 6) is -0.706. The normalized spacial score (nSPS) is 17.8. The standard InChI is InChI=1S/C18H17NO4S2/c1-24-13-2-4-14(5-3-13)25-17-11-15-12(10-16(17)19(20)21)6-7-18(15)22-8-9-23-18/h2-5,10-11H,6-9H2,1H3. The molecule has 0 bridgehead atoms. The number of ether oxygens (including phenoxy) is 2. The van der Waals surface area contributed by atoms with E-state index in [4.69, 9.17) is 9.47 Å². The first-order valence-corrected chi connectivity index (χ1v) is 10.1. The van der Waals surface area contributed by atoms with Gasteiger partial charge in [-0.1, -0.05) is 11.8 Å². The second-order valence-electron chi connectivity index (χ2n) is 5.96. The number of fused-ring (bicyclic) bond motifs is 2. The van der Waals surface area contributed by atoms with Crippen molar-refractivity contribution in [1.29, 1.82) is 0 Å². The molecule has 4 rings (SSSR count). The Bertz CT molecular complexity index is 817. The zero-order valence-corrected chi connectivity index (χ0v) is 15.3. The zero-order chi connectivity index (χ0) is 17.4. The van der Waals surface area contributed by atoms with E-state index in [1.165, 1.54) is 16.7 Å². The summed E-state index contributed by atoms with van der Waals surface area (Å²) in [5, 5.41) is 11.6. The van der Waals surface area contributed by atoms with Crippen molar-refractivity contribution in [3.8, 4) is 0 Å². The van der Waals surface area contributed by atoms with Gasteiger partial charge in [-0.05, 0) is 48.6 Å². The van der Waals surface area contributed by atoms with Gasteiger partial charge in [0.25, 0.3) is 5.69 Å². The third-order valence-corrected chi connectivity index (χ3v) is 6.35. The van der Waals surface area contributed by atoms with Gasteiger partial charge in [-0.15, -0.1) is 11.8 Å². The van der Waals surface area contributed by atoms with Gasteiger partial charge >= 0.3 is 0 Å². The molecule has 7 heteroatoms. The number of thioether (sulfide) groups is 1. The highest BCUT2D eigenvalue weighted by molar-refractivity contribution is 7.99. The molecule has 2 aromatic carbocycles. The molecule has 1 heterocycles. The number of benzene rings is 2. The number of rotatable bonds is 4. The van der Waals surface area contributed by atoms with E-state index >= 15 is 0 Å². The summed E-state index contributed by atoms with van der Waals surface area (Å²) in [6.07, 6.45) is 3.48. The van der Waals surface area contributed by atoms with Gasteiger partial charge in [-0.25, -0.2) is 0 Å². The lowest BCUT2D eigenvalue weighted by Gasteiger charge is -2.23. The Morgan fingerprint density at radius 3 is 2.44 bits per heavy atom. The van der Waals surface area contributed by atoms with Crippen molar-refractivity contribution >= 4 is 29.2 Å². The fourth-order valence-corrected chi connectivity index (χ4v) is 4.71. The van der Waals surface area contributed by atoms with Gasteiger partial charge in [0.2, 0.25) is 0 Å². The number of aryl methyl sites for hydroxylation is 1. The molecule has 1 spiro atoms. The molecule has 0 atom stereocenters. The van der Waals surface area contributed by atoms with Crippen LogP contribution >= 0.6 is 23.5 Å². The summed E-state index contributed by atoms with van der Waals surface area (Å²) in [6.45, 7) is 1.13. The SMILES string of the molecule is CSc1ccc(Sc2cc3c(cc2[N+](=O)[O-])CCC32OCCO2)cc1. The fourth-order valence-electron chi connectivity index (χ4n) is 3.36. The number of hydrogen-bond acceptors (Lipinski definition) is 6. The van der Waals surface area contributed by atoms with Crippen molar-refractivity contribution in [2.75, 3.05) is 19.5 Å². The molecular formula is C18H17NO4S2. The largest absolute Gasteiger partial charge is 0.343 e. The van der Waals surface area contributed by atoms with Gasteiger partial charge in [-0.3, -0.25) is 10.1 Å². The van der Waals surface area contributed by atoms with E-state index in [1.54, 1.807) is 17.8 Å². The number of nitro benzene ring substituents is 1. The van der Waals surface area contributed by atoms with Crippen molar-refractivity contribution in [2.45, 2.75) is 33.3 Å². The van der Waals surface area contributed by atoms with E-state index in [0.717, 1.165) is 28.9 Å². The van der Waals surface area contributed by atoms with E-state index in [2.05, 4.69) is 0 Å². The van der Waals surface area contributed by atoms with Crippen molar-refractivity contribution in [2.24, 2.45) is 0 Å². The second kappa shape index (κ2) is 6.64. The number of hydrogen-bond donors (Lipinski definition) is 0. The van der Waals surface area contributed by atoms with Gasteiger partial charge in [0, 0.05) is 27.8 Å². The van der Waals surface area contributed by atoms with E-state index in [0.29, 0.717) is 18.1 Å². The Hall–Kier alpha value is -1.54. The molecule has 0 N–H and O–H groups in total. The predicted molar refractivity (Wildman–Crippen MR) is 97.3 cm³/mol. The monoisotopic (exact) mass is 375 g/mol. The molecule has 1 fully saturated rings. The highest BCUT2D eigenvalue weighted by atomic mass is 32.2. The lowest BCUT2D eigenvalue weighted by atomic mass is 10.1. The lowest BCUT2D eigenvalue weighted by Crippen LogP contribution is -2.23. The summed E-state index contributed by atoms with van der Waals surface area (Å²) >= 11 is 3.08. The van der Waals surface area contributed by atoms with Gasteiger partial charge in [0.05, 0.1) is 23.0 Å². The molecule has 25 heavy (non-hydrogen) atoms. The molecule has 1 aliphatic carbocycles. The smallest absolute Gasteiger partial charge is 0.283 e. The Balaban J connectivity index is 1.73. The van der Waals surface area contributed by atoms with Gasteiger partial charge in [-0.2, -0.15) is 0 Å². The van der Waals surface area contributed by atoms with Crippen molar-refractivity contribution in [3.63, 3.8) is 0 Å². The molecule has 130 valence electrons. The summed E-state index contributed by atoms with van der Waals surface area (Å²) in [6, 6.07) is 11.6. The third-order valence-electron chi connectivity index (χ3n) is 4.56. The van der Waals surface area contributed by atoms with Crippen LogP contribution in [0.3, 0.4) is 0 Å². The maximum atomic E-state index is 11.6. The average molecular weight is 375 g/mol. The molecule has 5 nitrogen and oxygen atoms in total. The molecular weight excluding hydrogens is 358 g/mol. The first kappa shape index (κ1) is 16.9.